The van der Waals surface area contributed by atoms with Gasteiger partial charge < -0.3 is 9.47 Å². The van der Waals surface area contributed by atoms with Crippen LogP contribution in [0.1, 0.15) is 74.7 Å². The monoisotopic (exact) mass is 376 g/mol. The number of rotatable bonds is 4. The zero-order valence-corrected chi connectivity index (χ0v) is 18.2. The van der Waals surface area contributed by atoms with E-state index in [0.29, 0.717) is 17.4 Å². The van der Waals surface area contributed by atoms with Crippen molar-refractivity contribution in [2.75, 3.05) is 0 Å². The number of hydrogen-bond acceptors (Lipinski definition) is 4. The number of esters is 2. The highest BCUT2D eigenvalue weighted by Gasteiger charge is 2.64. The molecule has 0 heterocycles. The van der Waals surface area contributed by atoms with Gasteiger partial charge in [-0.05, 0) is 63.4 Å². The third-order valence-electron chi connectivity index (χ3n) is 7.36. The largest absolute Gasteiger partial charge is 0.458 e. The Hall–Kier alpha value is -1.58. The molecular formula is C23H36O4. The molecule has 0 aromatic heterocycles. The second kappa shape index (κ2) is 7.81. The molecule has 152 valence electrons. The first kappa shape index (κ1) is 21.7. The van der Waals surface area contributed by atoms with E-state index in [9.17, 15) is 9.59 Å². The van der Waals surface area contributed by atoms with E-state index in [1.165, 1.54) is 12.5 Å². The summed E-state index contributed by atoms with van der Waals surface area (Å²) < 4.78 is 11.9. The number of allylic oxidation sites excluding steroid dienone is 2. The molecule has 0 bridgehead atoms. The molecule has 0 radical (unpaired) electrons. The van der Waals surface area contributed by atoms with Crippen LogP contribution in [0.4, 0.5) is 0 Å². The lowest BCUT2D eigenvalue weighted by Gasteiger charge is -2.44. The van der Waals surface area contributed by atoms with Crippen molar-refractivity contribution in [2.24, 2.45) is 22.7 Å². The Morgan fingerprint density at radius 2 is 1.85 bits per heavy atom. The fourth-order valence-electron chi connectivity index (χ4n) is 5.10. The Balaban J connectivity index is 2.55. The summed E-state index contributed by atoms with van der Waals surface area (Å²) in [6, 6.07) is 0. The maximum atomic E-state index is 12.6. The van der Waals surface area contributed by atoms with Crippen molar-refractivity contribution < 1.29 is 19.1 Å². The summed E-state index contributed by atoms with van der Waals surface area (Å²) in [6.45, 7) is 16.1. The molecule has 1 saturated carbocycles. The van der Waals surface area contributed by atoms with Gasteiger partial charge >= 0.3 is 11.9 Å². The van der Waals surface area contributed by atoms with Crippen molar-refractivity contribution in [1.29, 1.82) is 0 Å². The van der Waals surface area contributed by atoms with Gasteiger partial charge in [0.2, 0.25) is 0 Å². The Labute approximate surface area is 164 Å². The molecule has 2 rings (SSSR count). The Morgan fingerprint density at radius 3 is 2.37 bits per heavy atom. The van der Waals surface area contributed by atoms with Crippen LogP contribution in [0.15, 0.2) is 23.3 Å². The minimum Gasteiger partial charge on any atom is -0.458 e. The van der Waals surface area contributed by atoms with Gasteiger partial charge in [-0.15, -0.1) is 0 Å². The highest BCUT2D eigenvalue weighted by atomic mass is 16.6. The van der Waals surface area contributed by atoms with Crippen molar-refractivity contribution in [3.8, 4) is 0 Å². The average Bonchev–Trinajstić information content (AvgIpc) is 2.71. The quantitative estimate of drug-likeness (QED) is 0.383. The molecule has 2 aliphatic carbocycles. The van der Waals surface area contributed by atoms with Gasteiger partial charge in [0.05, 0.1) is 0 Å². The minimum atomic E-state index is -0.438. The Morgan fingerprint density at radius 1 is 1.22 bits per heavy atom. The first-order valence-corrected chi connectivity index (χ1v) is 10.1. The molecule has 4 heteroatoms. The van der Waals surface area contributed by atoms with Gasteiger partial charge in [-0.3, -0.25) is 4.79 Å². The van der Waals surface area contributed by atoms with Crippen molar-refractivity contribution in [1.82, 2.24) is 0 Å². The molecule has 0 aliphatic heterocycles. The molecule has 5 atom stereocenters. The minimum absolute atomic E-state index is 0.0143. The number of ether oxygens (including phenoxy) is 2. The summed E-state index contributed by atoms with van der Waals surface area (Å²) in [5, 5.41) is 0. The first-order chi connectivity index (χ1) is 12.5. The van der Waals surface area contributed by atoms with E-state index in [1.807, 2.05) is 6.92 Å². The summed E-state index contributed by atoms with van der Waals surface area (Å²) >= 11 is 0. The maximum absolute atomic E-state index is 12.6. The van der Waals surface area contributed by atoms with Gasteiger partial charge in [0.1, 0.15) is 12.2 Å². The van der Waals surface area contributed by atoms with E-state index in [1.54, 1.807) is 13.0 Å². The molecule has 0 amide bonds. The molecule has 0 saturated heterocycles. The second-order valence-corrected chi connectivity index (χ2v) is 9.23. The fraction of sp³-hybridized carbons (Fsp3) is 0.739. The summed E-state index contributed by atoms with van der Waals surface area (Å²) in [6.07, 6.45) is 5.97. The highest BCUT2D eigenvalue weighted by molar-refractivity contribution is 5.87. The Kier molecular flexibility index (Phi) is 6.28. The molecule has 4 nitrogen and oxygen atoms in total. The van der Waals surface area contributed by atoms with Crippen LogP contribution < -0.4 is 0 Å². The van der Waals surface area contributed by atoms with E-state index in [0.717, 1.165) is 19.3 Å². The number of hydrogen-bond donors (Lipinski definition) is 0. The lowest BCUT2D eigenvalue weighted by atomic mass is 9.62. The van der Waals surface area contributed by atoms with Gasteiger partial charge in [-0.2, -0.15) is 0 Å². The van der Waals surface area contributed by atoms with Gasteiger partial charge in [-0.25, -0.2) is 4.79 Å². The number of fused-ring (bicyclic) bond motifs is 1. The smallest absolute Gasteiger partial charge is 0.333 e. The Bertz CT molecular complexity index is 659. The van der Waals surface area contributed by atoms with E-state index in [4.69, 9.17) is 9.47 Å². The molecular weight excluding hydrogens is 340 g/mol. The third kappa shape index (κ3) is 3.86. The van der Waals surface area contributed by atoms with Crippen LogP contribution in [0.25, 0.3) is 0 Å². The predicted octanol–water partition coefficient (Wildman–Crippen LogP) is 5.22. The van der Waals surface area contributed by atoms with E-state index < -0.39 is 5.41 Å². The summed E-state index contributed by atoms with van der Waals surface area (Å²) in [5.41, 5.74) is 1.42. The third-order valence-corrected chi connectivity index (χ3v) is 7.36. The molecule has 27 heavy (non-hydrogen) atoms. The lowest BCUT2D eigenvalue weighted by molar-refractivity contribution is -0.165. The van der Waals surface area contributed by atoms with Crippen LogP contribution in [0.2, 0.25) is 0 Å². The number of carbonyl (C=O) groups is 2. The predicted molar refractivity (Wildman–Crippen MR) is 107 cm³/mol. The number of carbonyl (C=O) groups excluding carboxylic acids is 2. The zero-order chi connectivity index (χ0) is 20.6. The molecule has 0 spiro atoms. The standard InChI is InChI=1S/C23H36O4/c1-9-16(5)21(25)27-20-13-22(7,14(2)3)18-11-10-15(4)12-19(23(18,20)8)26-17(6)24/h9,12,14,18-20H,10-11,13H2,1-8H3/b16-9-/t18-,19+,20+,22-,23-/m0/s1. The van der Waals surface area contributed by atoms with E-state index >= 15 is 0 Å². The molecule has 0 aromatic carbocycles. The first-order valence-electron chi connectivity index (χ1n) is 10.1. The highest BCUT2D eigenvalue weighted by Crippen LogP contribution is 2.63. The average molecular weight is 377 g/mol. The zero-order valence-electron chi connectivity index (χ0n) is 18.2. The summed E-state index contributed by atoms with van der Waals surface area (Å²) in [4.78, 5) is 24.5. The van der Waals surface area contributed by atoms with Gasteiger partial charge in [0.25, 0.3) is 0 Å². The van der Waals surface area contributed by atoms with Crippen molar-refractivity contribution in [3.63, 3.8) is 0 Å². The van der Waals surface area contributed by atoms with E-state index in [2.05, 4.69) is 40.7 Å². The van der Waals surface area contributed by atoms with Crippen LogP contribution >= 0.6 is 0 Å². The maximum Gasteiger partial charge on any atom is 0.333 e. The van der Waals surface area contributed by atoms with Crippen molar-refractivity contribution >= 4 is 11.9 Å². The second-order valence-electron chi connectivity index (χ2n) is 9.23. The normalized spacial score (nSPS) is 36.7. The molecule has 0 N–H and O–H groups in total. The van der Waals surface area contributed by atoms with Crippen LogP contribution in [0.3, 0.4) is 0 Å². The SMILES string of the molecule is C/C=C(/C)C(=O)O[C@@H]1C[C@@](C)(C(C)C)[C@@H]2CCC(C)=C[C@@H](OC(C)=O)[C@]21C. The van der Waals surface area contributed by atoms with Gasteiger partial charge in [-0.1, -0.05) is 39.3 Å². The van der Waals surface area contributed by atoms with Gasteiger partial charge in [0, 0.05) is 17.9 Å². The summed E-state index contributed by atoms with van der Waals surface area (Å²) in [7, 11) is 0. The molecule has 2 aliphatic rings. The lowest BCUT2D eigenvalue weighted by Crippen LogP contribution is -2.47. The molecule has 0 aromatic rings. The van der Waals surface area contributed by atoms with Crippen molar-refractivity contribution in [2.45, 2.75) is 86.9 Å². The van der Waals surface area contributed by atoms with Crippen LogP contribution in [-0.2, 0) is 19.1 Å². The van der Waals surface area contributed by atoms with Crippen molar-refractivity contribution in [3.05, 3.63) is 23.3 Å². The molecule has 0 unspecified atom stereocenters. The summed E-state index contributed by atoms with van der Waals surface area (Å²) in [5.74, 6) is 0.164. The van der Waals surface area contributed by atoms with Gasteiger partial charge in [0.15, 0.2) is 0 Å². The molecule has 1 fully saturated rings. The van der Waals surface area contributed by atoms with Crippen LogP contribution in [-0.4, -0.2) is 24.1 Å². The van der Waals surface area contributed by atoms with Crippen LogP contribution in [0, 0.1) is 22.7 Å². The van der Waals surface area contributed by atoms with Crippen LogP contribution in [0.5, 0.6) is 0 Å². The topological polar surface area (TPSA) is 52.6 Å². The fourth-order valence-corrected chi connectivity index (χ4v) is 5.10. The van der Waals surface area contributed by atoms with E-state index in [-0.39, 0.29) is 29.6 Å².